The summed E-state index contributed by atoms with van der Waals surface area (Å²) in [5.74, 6) is -0.624. The quantitative estimate of drug-likeness (QED) is 0.550. The summed E-state index contributed by atoms with van der Waals surface area (Å²) in [7, 11) is 0. The average Bonchev–Trinajstić information content (AvgIpc) is 2.71. The number of unbranched alkanes of at least 4 members (excludes halogenated alkanes) is 1. The summed E-state index contributed by atoms with van der Waals surface area (Å²) < 4.78 is 10.5. The number of carbonyl (C=O) groups excluding carboxylic acids is 3. The van der Waals surface area contributed by atoms with Gasteiger partial charge in [0.1, 0.15) is 12.3 Å². The van der Waals surface area contributed by atoms with Gasteiger partial charge >= 0.3 is 5.97 Å². The van der Waals surface area contributed by atoms with E-state index in [2.05, 4.69) is 5.32 Å². The molecule has 3 rings (SSSR count). The van der Waals surface area contributed by atoms with Gasteiger partial charge in [-0.05, 0) is 48.9 Å². The summed E-state index contributed by atoms with van der Waals surface area (Å²) in [4.78, 5) is 37.9. The monoisotopic (exact) mass is 416 g/mol. The van der Waals surface area contributed by atoms with E-state index in [1.807, 2.05) is 6.92 Å². The average molecular weight is 417 g/mol. The molecule has 2 amide bonds. The molecule has 2 aromatic rings. The van der Waals surface area contributed by atoms with Crippen molar-refractivity contribution in [2.45, 2.75) is 19.8 Å². The lowest BCUT2D eigenvalue weighted by atomic mass is 10.2. The van der Waals surface area contributed by atoms with Crippen LogP contribution in [-0.2, 0) is 14.3 Å². The van der Waals surface area contributed by atoms with Crippen molar-refractivity contribution in [2.24, 2.45) is 0 Å². The number of ether oxygens (including phenoxy) is 2. The van der Waals surface area contributed by atoms with Gasteiger partial charge in [-0.2, -0.15) is 0 Å². The molecular weight excluding hydrogens is 396 g/mol. The van der Waals surface area contributed by atoms with Gasteiger partial charge in [-0.1, -0.05) is 24.9 Å². The van der Waals surface area contributed by atoms with Crippen LogP contribution >= 0.6 is 11.6 Å². The zero-order valence-electron chi connectivity index (χ0n) is 15.9. The zero-order valence-corrected chi connectivity index (χ0v) is 16.7. The fraction of sp³-hybridized carbons (Fsp3) is 0.286. The van der Waals surface area contributed by atoms with Gasteiger partial charge in [0.25, 0.3) is 5.91 Å². The molecular formula is C21H21ClN2O5. The molecule has 0 atom stereocenters. The van der Waals surface area contributed by atoms with Gasteiger partial charge in [-0.3, -0.25) is 14.5 Å². The predicted octanol–water partition coefficient (Wildman–Crippen LogP) is 3.66. The molecule has 152 valence electrons. The molecule has 0 fully saturated rings. The Morgan fingerprint density at radius 1 is 1.21 bits per heavy atom. The fourth-order valence-electron chi connectivity index (χ4n) is 2.77. The predicted molar refractivity (Wildman–Crippen MR) is 110 cm³/mol. The van der Waals surface area contributed by atoms with Gasteiger partial charge in [0, 0.05) is 10.7 Å². The van der Waals surface area contributed by atoms with Crippen molar-refractivity contribution >= 4 is 40.8 Å². The SMILES string of the molecule is CCCCOC(=O)c1ccc(NC(=O)CN2C(=O)COc3ccc(Cl)cc32)cc1. The fourth-order valence-corrected chi connectivity index (χ4v) is 2.94. The number of carbonyl (C=O) groups is 3. The Morgan fingerprint density at radius 3 is 2.69 bits per heavy atom. The van der Waals surface area contributed by atoms with Crippen LogP contribution in [0.3, 0.4) is 0 Å². The highest BCUT2D eigenvalue weighted by Crippen LogP contribution is 2.34. The minimum Gasteiger partial charge on any atom is -0.482 e. The van der Waals surface area contributed by atoms with E-state index in [0.29, 0.717) is 34.3 Å². The van der Waals surface area contributed by atoms with E-state index in [-0.39, 0.29) is 25.0 Å². The maximum atomic E-state index is 12.4. The van der Waals surface area contributed by atoms with Crippen LogP contribution in [0.2, 0.25) is 5.02 Å². The van der Waals surface area contributed by atoms with Crippen molar-refractivity contribution in [3.05, 3.63) is 53.1 Å². The van der Waals surface area contributed by atoms with Crippen LogP contribution in [0.1, 0.15) is 30.1 Å². The number of nitrogens with zero attached hydrogens (tertiary/aromatic N) is 1. The number of hydrogen-bond donors (Lipinski definition) is 1. The third-order valence-electron chi connectivity index (χ3n) is 4.30. The highest BCUT2D eigenvalue weighted by molar-refractivity contribution is 6.31. The number of amides is 2. The van der Waals surface area contributed by atoms with Crippen LogP contribution < -0.4 is 15.0 Å². The first-order chi connectivity index (χ1) is 14.0. The highest BCUT2D eigenvalue weighted by Gasteiger charge is 2.27. The van der Waals surface area contributed by atoms with Crippen molar-refractivity contribution < 1.29 is 23.9 Å². The number of nitrogens with one attached hydrogen (secondary N) is 1. The molecule has 2 aromatic carbocycles. The summed E-state index contributed by atoms with van der Waals surface area (Å²) in [6.07, 6.45) is 1.76. The first-order valence-electron chi connectivity index (χ1n) is 9.27. The van der Waals surface area contributed by atoms with Crippen molar-refractivity contribution in [3.8, 4) is 5.75 Å². The van der Waals surface area contributed by atoms with Crippen LogP contribution in [0.15, 0.2) is 42.5 Å². The molecule has 0 saturated carbocycles. The van der Waals surface area contributed by atoms with Gasteiger partial charge in [-0.15, -0.1) is 0 Å². The number of esters is 1. The van der Waals surface area contributed by atoms with Gasteiger partial charge in [0.2, 0.25) is 5.91 Å². The first-order valence-corrected chi connectivity index (χ1v) is 9.65. The molecule has 1 aliphatic heterocycles. The third kappa shape index (κ3) is 5.26. The number of anilines is 2. The van der Waals surface area contributed by atoms with E-state index < -0.39 is 5.97 Å². The lowest BCUT2D eigenvalue weighted by Gasteiger charge is -2.29. The summed E-state index contributed by atoms with van der Waals surface area (Å²) in [5.41, 5.74) is 1.37. The van der Waals surface area contributed by atoms with Crippen LogP contribution in [0.25, 0.3) is 0 Å². The van der Waals surface area contributed by atoms with Crippen LogP contribution in [0, 0.1) is 0 Å². The van der Waals surface area contributed by atoms with Crippen molar-refractivity contribution in [2.75, 3.05) is 30.0 Å². The molecule has 1 heterocycles. The standard InChI is InChI=1S/C21H21ClN2O5/c1-2-3-10-28-21(27)14-4-7-16(8-5-14)23-19(25)12-24-17-11-15(22)6-9-18(17)29-13-20(24)26/h4-9,11H,2-3,10,12-13H2,1H3,(H,23,25). The van der Waals surface area contributed by atoms with Gasteiger partial charge in [0.15, 0.2) is 6.61 Å². The van der Waals surface area contributed by atoms with E-state index in [4.69, 9.17) is 21.1 Å². The van der Waals surface area contributed by atoms with Crippen molar-refractivity contribution in [1.29, 1.82) is 0 Å². The molecule has 0 spiro atoms. The Balaban J connectivity index is 1.62. The highest BCUT2D eigenvalue weighted by atomic mass is 35.5. The maximum Gasteiger partial charge on any atom is 0.338 e. The molecule has 1 N–H and O–H groups in total. The number of fused-ring (bicyclic) bond motifs is 1. The first kappa shape index (κ1) is 20.7. The summed E-state index contributed by atoms with van der Waals surface area (Å²) >= 11 is 6.00. The van der Waals surface area contributed by atoms with Crippen molar-refractivity contribution in [1.82, 2.24) is 0 Å². The third-order valence-corrected chi connectivity index (χ3v) is 4.54. The van der Waals surface area contributed by atoms with Crippen molar-refractivity contribution in [3.63, 3.8) is 0 Å². The number of halogens is 1. The largest absolute Gasteiger partial charge is 0.482 e. The molecule has 0 saturated heterocycles. The second kappa shape index (κ2) is 9.43. The molecule has 0 aliphatic carbocycles. The molecule has 29 heavy (non-hydrogen) atoms. The summed E-state index contributed by atoms with van der Waals surface area (Å²) in [6.45, 7) is 2.07. The van der Waals surface area contributed by atoms with Gasteiger partial charge < -0.3 is 14.8 Å². The second-order valence-electron chi connectivity index (χ2n) is 6.50. The smallest absolute Gasteiger partial charge is 0.338 e. The lowest BCUT2D eigenvalue weighted by molar-refractivity contribution is -0.123. The zero-order chi connectivity index (χ0) is 20.8. The second-order valence-corrected chi connectivity index (χ2v) is 6.93. The van der Waals surface area contributed by atoms with E-state index in [0.717, 1.165) is 12.8 Å². The molecule has 0 aromatic heterocycles. The topological polar surface area (TPSA) is 84.9 Å². The minimum absolute atomic E-state index is 0.142. The van der Waals surface area contributed by atoms with E-state index in [9.17, 15) is 14.4 Å². The molecule has 0 unspecified atom stereocenters. The Morgan fingerprint density at radius 2 is 1.97 bits per heavy atom. The number of benzene rings is 2. The Kier molecular flexibility index (Phi) is 6.72. The van der Waals surface area contributed by atoms with E-state index >= 15 is 0 Å². The molecule has 7 nitrogen and oxygen atoms in total. The van der Waals surface area contributed by atoms with Crippen LogP contribution in [0.5, 0.6) is 5.75 Å². The minimum atomic E-state index is -0.399. The van der Waals surface area contributed by atoms with E-state index in [1.54, 1.807) is 42.5 Å². The molecule has 1 aliphatic rings. The molecule has 0 bridgehead atoms. The van der Waals surface area contributed by atoms with Gasteiger partial charge in [-0.25, -0.2) is 4.79 Å². The summed E-state index contributed by atoms with van der Waals surface area (Å²) in [6, 6.07) is 11.3. The van der Waals surface area contributed by atoms with Crippen LogP contribution in [0.4, 0.5) is 11.4 Å². The Bertz CT molecular complexity index is 914. The number of rotatable bonds is 7. The van der Waals surface area contributed by atoms with E-state index in [1.165, 1.54) is 4.90 Å². The van der Waals surface area contributed by atoms with Crippen LogP contribution in [-0.4, -0.2) is 37.5 Å². The maximum absolute atomic E-state index is 12.4. The Hall–Kier alpha value is -3.06. The lowest BCUT2D eigenvalue weighted by Crippen LogP contribution is -2.43. The molecule has 0 radical (unpaired) electrons. The normalized spacial score (nSPS) is 12.8. The molecule has 8 heteroatoms. The summed E-state index contributed by atoms with van der Waals surface area (Å²) in [5, 5.41) is 3.15. The van der Waals surface area contributed by atoms with Gasteiger partial charge in [0.05, 0.1) is 17.9 Å². The Labute approximate surface area is 173 Å². The number of hydrogen-bond acceptors (Lipinski definition) is 5.